The Balaban J connectivity index is 1.75. The summed E-state index contributed by atoms with van der Waals surface area (Å²) in [4.78, 5) is 42.3. The van der Waals surface area contributed by atoms with Gasteiger partial charge in [-0.25, -0.2) is 14.6 Å². The Bertz CT molecular complexity index is 1370. The molecule has 4 aromatic rings. The van der Waals surface area contributed by atoms with Gasteiger partial charge in [0.15, 0.2) is 4.34 Å². The molecule has 0 saturated heterocycles. The third-order valence-electron chi connectivity index (χ3n) is 4.86. The van der Waals surface area contributed by atoms with Crippen molar-refractivity contribution >= 4 is 57.4 Å². The standard InChI is InChI=1S/C24H18N2O6S2/c1-31-22(29)13-9-14(23(30)32-2)11-15(10-13)26-21(28)18-12-19(34-24-25-7-8-33-24)16-5-3-4-6-17(16)20(18)27/h3-12,27H,1-2H3,(H,26,28). The van der Waals surface area contributed by atoms with Crippen LogP contribution in [0.25, 0.3) is 10.8 Å². The topological polar surface area (TPSA) is 115 Å². The number of esters is 2. The van der Waals surface area contributed by atoms with E-state index < -0.39 is 17.8 Å². The number of anilines is 1. The van der Waals surface area contributed by atoms with Crippen LogP contribution in [0.1, 0.15) is 31.1 Å². The van der Waals surface area contributed by atoms with Gasteiger partial charge in [0.2, 0.25) is 0 Å². The molecular weight excluding hydrogens is 476 g/mol. The lowest BCUT2D eigenvalue weighted by atomic mass is 10.0. The molecule has 1 amide bonds. The van der Waals surface area contributed by atoms with Gasteiger partial charge in [0.1, 0.15) is 5.75 Å². The number of phenols is 1. The highest BCUT2D eigenvalue weighted by molar-refractivity contribution is 8.01. The second-order valence-electron chi connectivity index (χ2n) is 6.95. The van der Waals surface area contributed by atoms with E-state index in [4.69, 9.17) is 9.47 Å². The van der Waals surface area contributed by atoms with Crippen molar-refractivity contribution in [3.05, 3.63) is 76.8 Å². The Morgan fingerprint density at radius 3 is 2.21 bits per heavy atom. The van der Waals surface area contributed by atoms with E-state index in [1.807, 2.05) is 17.5 Å². The summed E-state index contributed by atoms with van der Waals surface area (Å²) in [6.07, 6.45) is 1.69. The number of rotatable bonds is 6. The van der Waals surface area contributed by atoms with Crippen LogP contribution in [0.5, 0.6) is 5.75 Å². The molecule has 172 valence electrons. The van der Waals surface area contributed by atoms with E-state index in [9.17, 15) is 19.5 Å². The molecule has 0 aliphatic carbocycles. The van der Waals surface area contributed by atoms with Crippen LogP contribution in [-0.2, 0) is 9.47 Å². The van der Waals surface area contributed by atoms with Crippen molar-refractivity contribution in [1.82, 2.24) is 4.98 Å². The van der Waals surface area contributed by atoms with Crippen LogP contribution in [0.4, 0.5) is 5.69 Å². The SMILES string of the molecule is COC(=O)c1cc(NC(=O)c2cc(Sc3nccs3)c3ccccc3c2O)cc(C(=O)OC)c1. The van der Waals surface area contributed by atoms with E-state index in [1.165, 1.54) is 55.5 Å². The number of carbonyl (C=O) groups excluding carboxylic acids is 3. The van der Waals surface area contributed by atoms with Crippen LogP contribution in [0, 0.1) is 0 Å². The minimum atomic E-state index is -0.683. The zero-order valence-electron chi connectivity index (χ0n) is 18.0. The van der Waals surface area contributed by atoms with E-state index in [1.54, 1.807) is 24.4 Å². The number of carbonyl (C=O) groups is 3. The predicted octanol–water partition coefficient (Wildman–Crippen LogP) is 4.98. The second-order valence-corrected chi connectivity index (χ2v) is 9.14. The molecule has 0 unspecified atom stereocenters. The number of amides is 1. The molecule has 2 N–H and O–H groups in total. The summed E-state index contributed by atoms with van der Waals surface area (Å²) in [6.45, 7) is 0. The first-order valence-corrected chi connectivity index (χ1v) is 11.6. The van der Waals surface area contributed by atoms with E-state index in [0.29, 0.717) is 5.39 Å². The fraction of sp³-hybridized carbons (Fsp3) is 0.0833. The fourth-order valence-electron chi connectivity index (χ4n) is 3.31. The molecule has 10 heteroatoms. The van der Waals surface area contributed by atoms with Gasteiger partial charge in [0, 0.05) is 27.5 Å². The first-order valence-electron chi connectivity index (χ1n) is 9.86. The Labute approximate surface area is 202 Å². The molecule has 0 bridgehead atoms. The number of benzene rings is 3. The maximum atomic E-state index is 13.2. The molecule has 0 atom stereocenters. The lowest BCUT2D eigenvalue weighted by Crippen LogP contribution is -2.15. The Morgan fingerprint density at radius 2 is 1.62 bits per heavy atom. The molecule has 34 heavy (non-hydrogen) atoms. The van der Waals surface area contributed by atoms with Crippen molar-refractivity contribution in [3.63, 3.8) is 0 Å². The summed E-state index contributed by atoms with van der Waals surface area (Å²) in [5.74, 6) is -2.18. The summed E-state index contributed by atoms with van der Waals surface area (Å²) in [5.41, 5.74) is 0.308. The van der Waals surface area contributed by atoms with E-state index in [2.05, 4.69) is 10.3 Å². The van der Waals surface area contributed by atoms with Gasteiger partial charge in [-0.15, -0.1) is 11.3 Å². The zero-order chi connectivity index (χ0) is 24.2. The highest BCUT2D eigenvalue weighted by atomic mass is 32.2. The third kappa shape index (κ3) is 4.73. The monoisotopic (exact) mass is 494 g/mol. The molecule has 3 aromatic carbocycles. The smallest absolute Gasteiger partial charge is 0.337 e. The van der Waals surface area contributed by atoms with Crippen molar-refractivity contribution < 1.29 is 29.0 Å². The third-order valence-corrected chi connectivity index (χ3v) is 6.80. The van der Waals surface area contributed by atoms with Gasteiger partial charge < -0.3 is 19.9 Å². The lowest BCUT2D eigenvalue weighted by molar-refractivity contribution is 0.0598. The van der Waals surface area contributed by atoms with Gasteiger partial charge in [-0.1, -0.05) is 36.0 Å². The Kier molecular flexibility index (Phi) is 6.80. The average Bonchev–Trinajstić information content (AvgIpc) is 3.37. The Hall–Kier alpha value is -3.89. The maximum Gasteiger partial charge on any atom is 0.337 e. The average molecular weight is 495 g/mol. The molecule has 0 spiro atoms. The van der Waals surface area contributed by atoms with Crippen LogP contribution in [0.15, 0.2) is 69.3 Å². The minimum Gasteiger partial charge on any atom is -0.506 e. The number of methoxy groups -OCH3 is 2. The lowest BCUT2D eigenvalue weighted by Gasteiger charge is -2.13. The van der Waals surface area contributed by atoms with E-state index in [0.717, 1.165) is 14.6 Å². The fourth-order valence-corrected chi connectivity index (χ4v) is 5.06. The summed E-state index contributed by atoms with van der Waals surface area (Å²) in [6, 6.07) is 12.8. The van der Waals surface area contributed by atoms with Gasteiger partial charge >= 0.3 is 11.9 Å². The number of nitrogens with one attached hydrogen (secondary N) is 1. The highest BCUT2D eigenvalue weighted by Gasteiger charge is 2.20. The Morgan fingerprint density at radius 1 is 0.971 bits per heavy atom. The van der Waals surface area contributed by atoms with Crippen LogP contribution in [0.3, 0.4) is 0 Å². The van der Waals surface area contributed by atoms with Gasteiger partial charge in [-0.3, -0.25) is 4.79 Å². The number of aromatic hydroxyl groups is 1. The van der Waals surface area contributed by atoms with Crippen molar-refractivity contribution in [2.75, 3.05) is 19.5 Å². The molecule has 0 radical (unpaired) electrons. The van der Waals surface area contributed by atoms with Crippen LogP contribution >= 0.6 is 23.1 Å². The van der Waals surface area contributed by atoms with Gasteiger partial charge in [0.05, 0.1) is 30.9 Å². The molecular formula is C24H18N2O6S2. The van der Waals surface area contributed by atoms with Crippen molar-refractivity contribution in [2.24, 2.45) is 0 Å². The number of hydrogen-bond donors (Lipinski definition) is 2. The number of fused-ring (bicyclic) bond motifs is 1. The molecule has 4 rings (SSSR count). The summed E-state index contributed by atoms with van der Waals surface area (Å²) in [7, 11) is 2.42. The first kappa shape index (κ1) is 23.3. The van der Waals surface area contributed by atoms with Crippen molar-refractivity contribution in [1.29, 1.82) is 0 Å². The van der Waals surface area contributed by atoms with Gasteiger partial charge in [-0.2, -0.15) is 0 Å². The number of thiazole rings is 1. The summed E-state index contributed by atoms with van der Waals surface area (Å²) < 4.78 is 10.2. The van der Waals surface area contributed by atoms with Crippen LogP contribution in [-0.4, -0.2) is 42.2 Å². The molecule has 0 saturated carbocycles. The second kappa shape index (κ2) is 9.94. The summed E-state index contributed by atoms with van der Waals surface area (Å²) >= 11 is 2.84. The largest absolute Gasteiger partial charge is 0.506 e. The number of ether oxygens (including phenoxy) is 2. The zero-order valence-corrected chi connectivity index (χ0v) is 19.7. The minimum absolute atomic E-state index is 0.0286. The molecule has 0 fully saturated rings. The molecule has 8 nitrogen and oxygen atoms in total. The van der Waals surface area contributed by atoms with Crippen LogP contribution in [0.2, 0.25) is 0 Å². The predicted molar refractivity (Wildman–Crippen MR) is 129 cm³/mol. The molecule has 0 aliphatic heterocycles. The highest BCUT2D eigenvalue weighted by Crippen LogP contribution is 2.40. The van der Waals surface area contributed by atoms with Crippen molar-refractivity contribution in [3.8, 4) is 5.75 Å². The molecule has 1 heterocycles. The van der Waals surface area contributed by atoms with Crippen molar-refractivity contribution in [2.45, 2.75) is 9.24 Å². The molecule has 0 aliphatic rings. The normalized spacial score (nSPS) is 10.6. The van der Waals surface area contributed by atoms with Gasteiger partial charge in [-0.05, 0) is 29.7 Å². The number of phenolic OH excluding ortho intramolecular Hbond substituents is 1. The number of nitrogens with zero attached hydrogens (tertiary/aromatic N) is 1. The van der Waals surface area contributed by atoms with E-state index >= 15 is 0 Å². The summed E-state index contributed by atoms with van der Waals surface area (Å²) in [5, 5.41) is 16.7. The van der Waals surface area contributed by atoms with Gasteiger partial charge in [0.25, 0.3) is 5.91 Å². The quantitative estimate of drug-likeness (QED) is 0.361. The molecule has 1 aromatic heterocycles. The number of hydrogen-bond acceptors (Lipinski definition) is 9. The number of aromatic nitrogens is 1. The van der Waals surface area contributed by atoms with Crippen LogP contribution < -0.4 is 5.32 Å². The first-order chi connectivity index (χ1) is 16.4. The maximum absolute atomic E-state index is 13.2. The van der Waals surface area contributed by atoms with E-state index in [-0.39, 0.29) is 28.1 Å².